The molecule has 0 aromatic carbocycles. The summed E-state index contributed by atoms with van der Waals surface area (Å²) in [6.45, 7) is 2.31. The van der Waals surface area contributed by atoms with Gasteiger partial charge in [0.1, 0.15) is 0 Å². The molecule has 2 nitrogen and oxygen atoms in total. The van der Waals surface area contributed by atoms with Crippen LogP contribution in [0.3, 0.4) is 0 Å². The molecule has 20 heavy (non-hydrogen) atoms. The Hall–Kier alpha value is 0.487. The Morgan fingerprint density at radius 3 is 1.70 bits per heavy atom. The van der Waals surface area contributed by atoms with Crippen molar-refractivity contribution in [1.82, 2.24) is 0 Å². The van der Waals surface area contributed by atoms with Crippen LogP contribution < -0.4 is 0 Å². The molecular formula is C16H32O2SSi. The van der Waals surface area contributed by atoms with Crippen molar-refractivity contribution >= 4 is 21.2 Å². The van der Waals surface area contributed by atoms with Gasteiger partial charge in [-0.1, -0.05) is 38.5 Å². The predicted molar refractivity (Wildman–Crippen MR) is 90.8 cm³/mol. The third kappa shape index (κ3) is 5.70. The van der Waals surface area contributed by atoms with E-state index in [-0.39, 0.29) is 0 Å². The molecule has 0 aromatic rings. The maximum absolute atomic E-state index is 6.57. The minimum atomic E-state index is -1.99. The van der Waals surface area contributed by atoms with E-state index in [2.05, 4.69) is 19.2 Å². The van der Waals surface area contributed by atoms with Crippen molar-refractivity contribution in [2.75, 3.05) is 5.75 Å². The number of thiol groups is 1. The molecule has 4 heteroatoms. The molecular weight excluding hydrogens is 284 g/mol. The second-order valence-corrected chi connectivity index (χ2v) is 10.4. The summed E-state index contributed by atoms with van der Waals surface area (Å²) in [5.41, 5.74) is 0. The van der Waals surface area contributed by atoms with E-state index in [1.165, 1.54) is 64.2 Å². The molecule has 2 saturated carbocycles. The largest absolute Gasteiger partial charge is 0.391 e. The van der Waals surface area contributed by atoms with E-state index in [0.29, 0.717) is 12.2 Å². The molecule has 118 valence electrons. The van der Waals surface area contributed by atoms with E-state index in [4.69, 9.17) is 8.85 Å². The van der Waals surface area contributed by atoms with E-state index in [1.54, 1.807) is 0 Å². The van der Waals surface area contributed by atoms with Crippen molar-refractivity contribution in [1.29, 1.82) is 0 Å². The maximum atomic E-state index is 6.57. The lowest BCUT2D eigenvalue weighted by molar-refractivity contribution is 0.0498. The maximum Gasteiger partial charge on any atom is 0.335 e. The van der Waals surface area contributed by atoms with E-state index in [9.17, 15) is 0 Å². The van der Waals surface area contributed by atoms with Gasteiger partial charge in [-0.25, -0.2) is 0 Å². The second-order valence-electron chi connectivity index (χ2n) is 6.72. The summed E-state index contributed by atoms with van der Waals surface area (Å²) in [6, 6.07) is 1.11. The van der Waals surface area contributed by atoms with Gasteiger partial charge in [0.15, 0.2) is 0 Å². The van der Waals surface area contributed by atoms with Crippen molar-refractivity contribution in [3.05, 3.63) is 0 Å². The van der Waals surface area contributed by atoms with Crippen molar-refractivity contribution < 1.29 is 8.85 Å². The van der Waals surface area contributed by atoms with Gasteiger partial charge in [-0.2, -0.15) is 12.6 Å². The first-order valence-corrected chi connectivity index (χ1v) is 11.8. The van der Waals surface area contributed by atoms with Crippen LogP contribution in [0.15, 0.2) is 0 Å². The quantitative estimate of drug-likeness (QED) is 0.522. The molecule has 0 unspecified atom stereocenters. The lowest BCUT2D eigenvalue weighted by Gasteiger charge is -2.37. The molecule has 0 bridgehead atoms. The van der Waals surface area contributed by atoms with Gasteiger partial charge in [0.25, 0.3) is 0 Å². The topological polar surface area (TPSA) is 18.5 Å². The summed E-state index contributed by atoms with van der Waals surface area (Å²) in [4.78, 5) is 0. The molecule has 0 amide bonds. The minimum absolute atomic E-state index is 0.476. The van der Waals surface area contributed by atoms with Crippen molar-refractivity contribution in [3.8, 4) is 0 Å². The highest BCUT2D eigenvalue weighted by Crippen LogP contribution is 2.30. The number of hydrogen-bond donors (Lipinski definition) is 1. The SMILES string of the molecule is C[Si](CCCS)(OC1CCCCC1)OC1CCCCC1. The lowest BCUT2D eigenvalue weighted by atomic mass is 9.98. The average Bonchev–Trinajstić information content (AvgIpc) is 2.47. The van der Waals surface area contributed by atoms with Crippen LogP contribution in [0.2, 0.25) is 12.6 Å². The standard InChI is InChI=1S/C16H32O2SSi/c1-20(14-8-13-19,17-15-9-4-2-5-10-15)18-16-11-6-3-7-12-16/h15-16,19H,2-14H2,1H3. The Morgan fingerprint density at radius 2 is 1.30 bits per heavy atom. The Bertz CT molecular complexity index is 243. The average molecular weight is 317 g/mol. The fourth-order valence-electron chi connectivity index (χ4n) is 3.62. The summed E-state index contributed by atoms with van der Waals surface area (Å²) in [5.74, 6) is 0.949. The zero-order chi connectivity index (χ0) is 14.3. The Kier molecular flexibility index (Phi) is 7.43. The monoisotopic (exact) mass is 316 g/mol. The molecule has 0 aliphatic heterocycles. The van der Waals surface area contributed by atoms with Gasteiger partial charge in [-0.15, -0.1) is 0 Å². The van der Waals surface area contributed by atoms with Crippen LogP contribution in [-0.4, -0.2) is 26.5 Å². The fourth-order valence-corrected chi connectivity index (χ4v) is 7.06. The molecule has 0 aromatic heterocycles. The molecule has 2 aliphatic rings. The molecule has 0 N–H and O–H groups in total. The molecule has 0 radical (unpaired) electrons. The van der Waals surface area contributed by atoms with Gasteiger partial charge in [0, 0.05) is 12.2 Å². The summed E-state index contributed by atoms with van der Waals surface area (Å²) in [7, 11) is -1.99. The second kappa shape index (κ2) is 8.81. The first kappa shape index (κ1) is 16.9. The van der Waals surface area contributed by atoms with Gasteiger partial charge in [0.2, 0.25) is 0 Å². The third-order valence-electron chi connectivity index (χ3n) is 4.73. The van der Waals surface area contributed by atoms with Crippen molar-refractivity contribution in [3.63, 3.8) is 0 Å². The molecule has 0 saturated heterocycles. The summed E-state index contributed by atoms with van der Waals surface area (Å²) >= 11 is 4.38. The first-order valence-electron chi connectivity index (χ1n) is 8.68. The number of hydrogen-bond acceptors (Lipinski definition) is 3. The smallest absolute Gasteiger partial charge is 0.335 e. The van der Waals surface area contributed by atoms with Crippen molar-refractivity contribution in [2.45, 2.75) is 95.4 Å². The van der Waals surface area contributed by atoms with Gasteiger partial charge in [-0.3, -0.25) is 0 Å². The highest BCUT2D eigenvalue weighted by Gasteiger charge is 2.37. The van der Waals surface area contributed by atoms with Crippen LogP contribution in [0.4, 0.5) is 0 Å². The lowest BCUT2D eigenvalue weighted by Crippen LogP contribution is -2.46. The normalized spacial score (nSPS) is 23.1. The van der Waals surface area contributed by atoms with Crippen molar-refractivity contribution in [2.24, 2.45) is 0 Å². The molecule has 0 heterocycles. The van der Waals surface area contributed by atoms with Crippen LogP contribution in [0.1, 0.15) is 70.6 Å². The molecule has 0 spiro atoms. The third-order valence-corrected chi connectivity index (χ3v) is 7.97. The summed E-state index contributed by atoms with van der Waals surface area (Å²) in [6.07, 6.45) is 15.2. The van der Waals surface area contributed by atoms with Gasteiger partial charge < -0.3 is 8.85 Å². The summed E-state index contributed by atoms with van der Waals surface area (Å²) in [5, 5.41) is 0. The van der Waals surface area contributed by atoms with Gasteiger partial charge >= 0.3 is 8.56 Å². The predicted octanol–water partition coefficient (Wildman–Crippen LogP) is 5.08. The van der Waals surface area contributed by atoms with Crippen LogP contribution >= 0.6 is 12.6 Å². The van der Waals surface area contributed by atoms with Gasteiger partial charge in [-0.05, 0) is 50.4 Å². The van der Waals surface area contributed by atoms with E-state index >= 15 is 0 Å². The number of rotatable bonds is 7. The van der Waals surface area contributed by atoms with Crippen LogP contribution in [0.5, 0.6) is 0 Å². The Balaban J connectivity index is 1.88. The van der Waals surface area contributed by atoms with E-state index in [0.717, 1.165) is 18.2 Å². The molecule has 2 fully saturated rings. The highest BCUT2D eigenvalue weighted by atomic mass is 32.1. The minimum Gasteiger partial charge on any atom is -0.391 e. The van der Waals surface area contributed by atoms with Crippen LogP contribution in [-0.2, 0) is 8.85 Å². The van der Waals surface area contributed by atoms with Crippen LogP contribution in [0.25, 0.3) is 0 Å². The van der Waals surface area contributed by atoms with Crippen LogP contribution in [0, 0.1) is 0 Å². The first-order chi connectivity index (χ1) is 9.72. The summed E-state index contributed by atoms with van der Waals surface area (Å²) < 4.78 is 13.1. The van der Waals surface area contributed by atoms with E-state index < -0.39 is 8.56 Å². The highest BCUT2D eigenvalue weighted by molar-refractivity contribution is 7.80. The fraction of sp³-hybridized carbons (Fsp3) is 1.00. The Labute approximate surface area is 131 Å². The zero-order valence-corrected chi connectivity index (χ0v) is 15.0. The molecule has 0 atom stereocenters. The van der Waals surface area contributed by atoms with Gasteiger partial charge in [0.05, 0.1) is 0 Å². The Morgan fingerprint density at radius 1 is 0.850 bits per heavy atom. The van der Waals surface area contributed by atoms with E-state index in [1.807, 2.05) is 0 Å². The molecule has 2 aliphatic carbocycles. The molecule has 2 rings (SSSR count). The zero-order valence-electron chi connectivity index (χ0n) is 13.1.